The van der Waals surface area contributed by atoms with Crippen LogP contribution in [0.3, 0.4) is 0 Å². The molecule has 0 heterocycles. The van der Waals surface area contributed by atoms with Crippen LogP contribution >= 0.6 is 0 Å². The number of aliphatic hydroxyl groups is 1. The van der Waals surface area contributed by atoms with Gasteiger partial charge in [0.1, 0.15) is 11.8 Å². The number of rotatable bonds is 7. The van der Waals surface area contributed by atoms with E-state index in [9.17, 15) is 9.59 Å². The van der Waals surface area contributed by atoms with Crippen molar-refractivity contribution in [2.45, 2.75) is 19.0 Å². The van der Waals surface area contributed by atoms with Gasteiger partial charge in [0, 0.05) is 25.1 Å². The molecule has 0 spiro atoms. The number of aliphatic hydroxyl groups excluding tert-OH is 1. The first kappa shape index (κ1) is 15.8. The van der Waals surface area contributed by atoms with Crippen LogP contribution in [0, 0.1) is 0 Å². The highest BCUT2D eigenvalue weighted by atomic mass is 16.5. The fraction of sp³-hybridized carbons (Fsp3) is 0.385. The number of carbonyl (C=O) groups is 2. The molecule has 110 valence electrons. The highest BCUT2D eigenvalue weighted by Crippen LogP contribution is 2.16. The Labute approximate surface area is 116 Å². The predicted octanol–water partition coefficient (Wildman–Crippen LogP) is 0.330. The van der Waals surface area contributed by atoms with Crippen LogP contribution in [-0.2, 0) is 11.3 Å². The van der Waals surface area contributed by atoms with Gasteiger partial charge in [0.15, 0.2) is 0 Å². The molecule has 1 aromatic rings. The van der Waals surface area contributed by atoms with E-state index in [2.05, 4.69) is 10.6 Å². The number of ether oxygens (including phenoxy) is 1. The Morgan fingerprint density at radius 2 is 2.05 bits per heavy atom. The van der Waals surface area contributed by atoms with Gasteiger partial charge in [0.25, 0.3) is 0 Å². The lowest BCUT2D eigenvalue weighted by Crippen LogP contribution is -2.46. The van der Waals surface area contributed by atoms with Crippen LogP contribution in [0.2, 0.25) is 0 Å². The smallest absolute Gasteiger partial charge is 0.326 e. The first-order valence-corrected chi connectivity index (χ1v) is 6.08. The summed E-state index contributed by atoms with van der Waals surface area (Å²) in [7, 11) is 1.53. The summed E-state index contributed by atoms with van der Waals surface area (Å²) in [5, 5.41) is 22.4. The quantitative estimate of drug-likeness (QED) is 0.576. The number of benzene rings is 1. The molecule has 0 fully saturated rings. The second-order valence-electron chi connectivity index (χ2n) is 4.04. The molecule has 0 bridgehead atoms. The Morgan fingerprint density at radius 1 is 1.35 bits per heavy atom. The van der Waals surface area contributed by atoms with Crippen molar-refractivity contribution in [1.82, 2.24) is 10.6 Å². The van der Waals surface area contributed by atoms with E-state index in [0.29, 0.717) is 5.75 Å². The number of carbonyl (C=O) groups excluding carboxylic acids is 1. The minimum atomic E-state index is -1.19. The number of nitrogens with one attached hydrogen (secondary N) is 2. The molecular formula is C13H18N2O5. The highest BCUT2D eigenvalue weighted by Gasteiger charge is 2.18. The lowest BCUT2D eigenvalue weighted by molar-refractivity contribution is -0.139. The number of hydrogen-bond acceptors (Lipinski definition) is 4. The summed E-state index contributed by atoms with van der Waals surface area (Å²) in [6.07, 6.45) is -0.0442. The summed E-state index contributed by atoms with van der Waals surface area (Å²) in [5.74, 6) is -0.551. The normalized spacial score (nSPS) is 11.5. The first-order valence-electron chi connectivity index (χ1n) is 6.08. The van der Waals surface area contributed by atoms with Gasteiger partial charge < -0.3 is 25.6 Å². The van der Waals surface area contributed by atoms with E-state index in [1.165, 1.54) is 7.11 Å². The number of aliphatic carboxylic acids is 1. The number of amides is 2. The van der Waals surface area contributed by atoms with E-state index < -0.39 is 18.0 Å². The number of hydrogen-bond donors (Lipinski definition) is 4. The minimum Gasteiger partial charge on any atom is -0.496 e. The number of methoxy groups -OCH3 is 1. The third-order valence-electron chi connectivity index (χ3n) is 2.65. The fourth-order valence-electron chi connectivity index (χ4n) is 1.62. The van der Waals surface area contributed by atoms with Gasteiger partial charge in [-0.05, 0) is 6.07 Å². The SMILES string of the molecule is COc1ccccc1CNC(=O)N[C@H](CCO)C(=O)O. The maximum Gasteiger partial charge on any atom is 0.326 e. The average Bonchev–Trinajstić information content (AvgIpc) is 2.44. The van der Waals surface area contributed by atoms with Crippen LogP contribution < -0.4 is 15.4 Å². The molecule has 7 nitrogen and oxygen atoms in total. The maximum atomic E-state index is 11.6. The van der Waals surface area contributed by atoms with Crippen molar-refractivity contribution in [3.8, 4) is 5.75 Å². The average molecular weight is 282 g/mol. The molecule has 0 saturated carbocycles. The molecule has 4 N–H and O–H groups in total. The summed E-state index contributed by atoms with van der Waals surface area (Å²) in [6.45, 7) is -0.106. The highest BCUT2D eigenvalue weighted by molar-refractivity contribution is 5.82. The van der Waals surface area contributed by atoms with E-state index in [0.717, 1.165) is 5.56 Å². The standard InChI is InChI=1S/C13H18N2O5/c1-20-11-5-3-2-4-9(11)8-14-13(19)15-10(6-7-16)12(17)18/h2-5,10,16H,6-8H2,1H3,(H,17,18)(H2,14,15,19)/t10-/m1/s1. The third kappa shape index (κ3) is 4.77. The molecule has 20 heavy (non-hydrogen) atoms. The molecule has 1 rings (SSSR count). The number of carboxylic acids is 1. The summed E-state index contributed by atoms with van der Waals surface area (Å²) >= 11 is 0. The van der Waals surface area contributed by atoms with Crippen molar-refractivity contribution in [3.05, 3.63) is 29.8 Å². The molecule has 0 saturated heterocycles. The molecule has 0 aliphatic carbocycles. The third-order valence-corrected chi connectivity index (χ3v) is 2.65. The Kier molecular flexibility index (Phi) is 6.31. The Hall–Kier alpha value is -2.28. The van der Waals surface area contributed by atoms with Crippen LogP contribution in [-0.4, -0.2) is 42.0 Å². The number of carboxylic acid groups (broad SMARTS) is 1. The van der Waals surface area contributed by atoms with E-state index in [4.69, 9.17) is 14.9 Å². The van der Waals surface area contributed by atoms with E-state index in [-0.39, 0.29) is 19.6 Å². The second-order valence-corrected chi connectivity index (χ2v) is 4.04. The van der Waals surface area contributed by atoms with E-state index in [1.807, 2.05) is 12.1 Å². The zero-order valence-electron chi connectivity index (χ0n) is 11.1. The maximum absolute atomic E-state index is 11.6. The van der Waals surface area contributed by atoms with Crippen molar-refractivity contribution >= 4 is 12.0 Å². The van der Waals surface area contributed by atoms with Gasteiger partial charge in [-0.2, -0.15) is 0 Å². The van der Waals surface area contributed by atoms with Gasteiger partial charge >= 0.3 is 12.0 Å². The van der Waals surface area contributed by atoms with Gasteiger partial charge in [0.05, 0.1) is 7.11 Å². The van der Waals surface area contributed by atoms with Crippen molar-refractivity contribution in [1.29, 1.82) is 0 Å². The van der Waals surface area contributed by atoms with Gasteiger partial charge in [0.2, 0.25) is 0 Å². The minimum absolute atomic E-state index is 0.0442. The summed E-state index contributed by atoms with van der Waals surface area (Å²) in [6, 6.07) is 5.45. The Balaban J connectivity index is 2.52. The monoisotopic (exact) mass is 282 g/mol. The molecule has 1 atom stereocenters. The molecule has 0 unspecified atom stereocenters. The predicted molar refractivity (Wildman–Crippen MR) is 71.5 cm³/mol. The van der Waals surface area contributed by atoms with Crippen molar-refractivity contribution in [3.63, 3.8) is 0 Å². The molecule has 0 aliphatic heterocycles. The first-order chi connectivity index (χ1) is 9.58. The zero-order valence-corrected chi connectivity index (χ0v) is 11.1. The molecular weight excluding hydrogens is 264 g/mol. The lowest BCUT2D eigenvalue weighted by atomic mass is 10.2. The Morgan fingerprint density at radius 3 is 2.65 bits per heavy atom. The van der Waals surface area contributed by atoms with Gasteiger partial charge in [-0.1, -0.05) is 18.2 Å². The molecule has 2 amide bonds. The van der Waals surface area contributed by atoms with Gasteiger partial charge in [-0.3, -0.25) is 0 Å². The Bertz CT molecular complexity index is 464. The summed E-state index contributed by atoms with van der Waals surface area (Å²) in [4.78, 5) is 22.4. The van der Waals surface area contributed by atoms with Crippen molar-refractivity contribution < 1.29 is 24.5 Å². The van der Waals surface area contributed by atoms with Crippen LogP contribution in [0.4, 0.5) is 4.79 Å². The van der Waals surface area contributed by atoms with Crippen LogP contribution in [0.25, 0.3) is 0 Å². The topological polar surface area (TPSA) is 108 Å². The largest absolute Gasteiger partial charge is 0.496 e. The molecule has 7 heteroatoms. The number of para-hydroxylation sites is 1. The van der Waals surface area contributed by atoms with Gasteiger partial charge in [-0.15, -0.1) is 0 Å². The fourth-order valence-corrected chi connectivity index (χ4v) is 1.62. The number of urea groups is 1. The summed E-state index contributed by atoms with van der Waals surface area (Å²) < 4.78 is 5.14. The lowest BCUT2D eigenvalue weighted by Gasteiger charge is -2.14. The molecule has 0 aromatic heterocycles. The van der Waals surface area contributed by atoms with Crippen molar-refractivity contribution in [2.24, 2.45) is 0 Å². The zero-order chi connectivity index (χ0) is 15.0. The van der Waals surface area contributed by atoms with E-state index >= 15 is 0 Å². The second kappa shape index (κ2) is 8.00. The van der Waals surface area contributed by atoms with E-state index in [1.54, 1.807) is 12.1 Å². The van der Waals surface area contributed by atoms with Crippen LogP contribution in [0.1, 0.15) is 12.0 Å². The molecule has 1 aromatic carbocycles. The van der Waals surface area contributed by atoms with Crippen LogP contribution in [0.15, 0.2) is 24.3 Å². The van der Waals surface area contributed by atoms with Crippen molar-refractivity contribution in [2.75, 3.05) is 13.7 Å². The molecule has 0 radical (unpaired) electrons. The van der Waals surface area contributed by atoms with Crippen LogP contribution in [0.5, 0.6) is 5.75 Å². The van der Waals surface area contributed by atoms with Gasteiger partial charge in [-0.25, -0.2) is 9.59 Å². The molecule has 0 aliphatic rings. The summed E-state index contributed by atoms with van der Waals surface area (Å²) in [5.41, 5.74) is 0.777.